The fraction of sp³-hybridized carbons (Fsp3) is 0.100. The zero-order chi connectivity index (χ0) is 19.2. The number of rotatable bonds is 6. The van der Waals surface area contributed by atoms with Gasteiger partial charge in [0.15, 0.2) is 6.61 Å². The second-order valence-corrected chi connectivity index (χ2v) is 6.58. The summed E-state index contributed by atoms with van der Waals surface area (Å²) in [6.45, 7) is 1.69. The number of carbonyl (C=O) groups is 1. The summed E-state index contributed by atoms with van der Waals surface area (Å²) in [6.07, 6.45) is 1.42. The van der Waals surface area contributed by atoms with Crippen molar-refractivity contribution in [2.45, 2.75) is 6.92 Å². The van der Waals surface area contributed by atoms with Gasteiger partial charge in [0.25, 0.3) is 5.91 Å². The zero-order valence-electron chi connectivity index (χ0n) is 14.4. The van der Waals surface area contributed by atoms with Crippen molar-refractivity contribution in [1.82, 2.24) is 5.43 Å². The van der Waals surface area contributed by atoms with E-state index in [1.165, 1.54) is 6.21 Å². The van der Waals surface area contributed by atoms with Crippen molar-refractivity contribution >= 4 is 35.3 Å². The molecule has 138 valence electrons. The molecule has 3 rings (SSSR count). The van der Waals surface area contributed by atoms with E-state index in [1.54, 1.807) is 42.5 Å². The van der Waals surface area contributed by atoms with Crippen molar-refractivity contribution in [3.05, 3.63) is 76.0 Å². The van der Waals surface area contributed by atoms with Gasteiger partial charge in [-0.2, -0.15) is 5.10 Å². The summed E-state index contributed by atoms with van der Waals surface area (Å²) in [5.74, 6) is 1.37. The van der Waals surface area contributed by atoms with E-state index in [9.17, 15) is 4.79 Å². The van der Waals surface area contributed by atoms with E-state index in [1.807, 2.05) is 19.1 Å². The summed E-state index contributed by atoms with van der Waals surface area (Å²) in [4.78, 5) is 11.8. The van der Waals surface area contributed by atoms with Gasteiger partial charge in [-0.25, -0.2) is 5.43 Å². The third kappa shape index (κ3) is 5.36. The molecule has 0 saturated carbocycles. The van der Waals surface area contributed by atoms with Crippen molar-refractivity contribution in [3.8, 4) is 17.1 Å². The molecule has 0 radical (unpaired) electrons. The molecule has 0 aliphatic heterocycles. The highest BCUT2D eigenvalue weighted by Gasteiger charge is 2.06. The molecule has 27 heavy (non-hydrogen) atoms. The van der Waals surface area contributed by atoms with Gasteiger partial charge in [-0.15, -0.1) is 0 Å². The summed E-state index contributed by atoms with van der Waals surface area (Å²) in [5.41, 5.74) is 4.10. The normalized spacial score (nSPS) is 10.9. The Morgan fingerprint density at radius 3 is 2.74 bits per heavy atom. The molecule has 0 aliphatic rings. The minimum atomic E-state index is -0.387. The molecule has 0 atom stereocenters. The number of nitrogens with zero attached hydrogens (tertiary/aromatic N) is 1. The minimum Gasteiger partial charge on any atom is -0.483 e. The smallest absolute Gasteiger partial charge is 0.277 e. The first-order valence-corrected chi connectivity index (χ1v) is 8.83. The Kier molecular flexibility index (Phi) is 6.16. The van der Waals surface area contributed by atoms with Crippen molar-refractivity contribution in [3.63, 3.8) is 0 Å². The number of hydrogen-bond acceptors (Lipinski definition) is 4. The van der Waals surface area contributed by atoms with Gasteiger partial charge >= 0.3 is 0 Å². The SMILES string of the molecule is Cc1cc(Cl)ccc1OCC(=O)N/N=C\c1ccc(-c2cccc(Cl)c2)o1. The number of hydrazone groups is 1. The maximum absolute atomic E-state index is 11.8. The van der Waals surface area contributed by atoms with Gasteiger partial charge in [0.05, 0.1) is 6.21 Å². The molecule has 0 aliphatic carbocycles. The Morgan fingerprint density at radius 2 is 1.96 bits per heavy atom. The minimum absolute atomic E-state index is 0.161. The average Bonchev–Trinajstić information content (AvgIpc) is 3.10. The summed E-state index contributed by atoms with van der Waals surface area (Å²) >= 11 is 11.9. The van der Waals surface area contributed by atoms with E-state index in [-0.39, 0.29) is 12.5 Å². The second kappa shape index (κ2) is 8.75. The van der Waals surface area contributed by atoms with Crippen LogP contribution in [0.2, 0.25) is 10.0 Å². The van der Waals surface area contributed by atoms with Crippen LogP contribution in [0.15, 0.2) is 64.1 Å². The lowest BCUT2D eigenvalue weighted by atomic mass is 10.2. The van der Waals surface area contributed by atoms with Crippen molar-refractivity contribution in [1.29, 1.82) is 0 Å². The van der Waals surface area contributed by atoms with Crippen molar-refractivity contribution < 1.29 is 13.9 Å². The maximum atomic E-state index is 11.8. The third-order valence-corrected chi connectivity index (χ3v) is 4.08. The topological polar surface area (TPSA) is 63.8 Å². The number of amides is 1. The molecule has 3 aromatic rings. The first-order valence-electron chi connectivity index (χ1n) is 8.08. The molecule has 7 heteroatoms. The average molecular weight is 403 g/mol. The summed E-state index contributed by atoms with van der Waals surface area (Å²) in [5, 5.41) is 5.11. The number of halogens is 2. The Labute approximate surface area is 166 Å². The number of nitrogens with one attached hydrogen (secondary N) is 1. The van der Waals surface area contributed by atoms with Crippen LogP contribution in [-0.2, 0) is 4.79 Å². The quantitative estimate of drug-likeness (QED) is 0.461. The molecule has 0 fully saturated rings. The number of hydrogen-bond donors (Lipinski definition) is 1. The molecule has 1 N–H and O–H groups in total. The van der Waals surface area contributed by atoms with Crippen LogP contribution in [0, 0.1) is 6.92 Å². The van der Waals surface area contributed by atoms with Gasteiger partial charge < -0.3 is 9.15 Å². The van der Waals surface area contributed by atoms with Crippen molar-refractivity contribution in [2.24, 2.45) is 5.10 Å². The van der Waals surface area contributed by atoms with Gasteiger partial charge in [-0.1, -0.05) is 35.3 Å². The number of carbonyl (C=O) groups excluding carboxylic acids is 1. The lowest BCUT2D eigenvalue weighted by Crippen LogP contribution is -2.24. The molecule has 0 spiro atoms. The fourth-order valence-electron chi connectivity index (χ4n) is 2.34. The van der Waals surface area contributed by atoms with E-state index in [2.05, 4.69) is 10.5 Å². The molecule has 0 saturated heterocycles. The number of benzene rings is 2. The van der Waals surface area contributed by atoms with E-state index < -0.39 is 0 Å². The Hall–Kier alpha value is -2.76. The second-order valence-electron chi connectivity index (χ2n) is 5.70. The summed E-state index contributed by atoms with van der Waals surface area (Å²) in [6, 6.07) is 16.1. The number of ether oxygens (including phenoxy) is 1. The van der Waals surface area contributed by atoms with E-state index in [4.69, 9.17) is 32.4 Å². The van der Waals surface area contributed by atoms with Gasteiger partial charge in [-0.05, 0) is 55.0 Å². The van der Waals surface area contributed by atoms with Crippen LogP contribution in [-0.4, -0.2) is 18.7 Å². The van der Waals surface area contributed by atoms with Gasteiger partial charge in [0, 0.05) is 15.6 Å². The molecular weight excluding hydrogens is 387 g/mol. The van der Waals surface area contributed by atoms with Gasteiger partial charge in [-0.3, -0.25) is 4.79 Å². The molecule has 0 bridgehead atoms. The van der Waals surface area contributed by atoms with Crippen LogP contribution >= 0.6 is 23.2 Å². The van der Waals surface area contributed by atoms with Gasteiger partial charge in [0.2, 0.25) is 0 Å². The summed E-state index contributed by atoms with van der Waals surface area (Å²) in [7, 11) is 0. The Bertz CT molecular complexity index is 983. The third-order valence-electron chi connectivity index (χ3n) is 3.61. The highest BCUT2D eigenvalue weighted by molar-refractivity contribution is 6.31. The largest absolute Gasteiger partial charge is 0.483 e. The van der Waals surface area contributed by atoms with Crippen LogP contribution in [0.25, 0.3) is 11.3 Å². The Morgan fingerprint density at radius 1 is 1.15 bits per heavy atom. The van der Waals surface area contributed by atoms with Gasteiger partial charge in [0.1, 0.15) is 17.3 Å². The molecule has 5 nitrogen and oxygen atoms in total. The first kappa shape index (κ1) is 19.0. The van der Waals surface area contributed by atoms with E-state index in [0.29, 0.717) is 27.3 Å². The molecule has 0 unspecified atom stereocenters. The van der Waals surface area contributed by atoms with E-state index in [0.717, 1.165) is 11.1 Å². The highest BCUT2D eigenvalue weighted by atomic mass is 35.5. The predicted octanol–water partition coefficient (Wildman–Crippen LogP) is 5.09. The van der Waals surface area contributed by atoms with Crippen LogP contribution in [0.5, 0.6) is 5.75 Å². The van der Waals surface area contributed by atoms with E-state index >= 15 is 0 Å². The molecule has 1 heterocycles. The standard InChI is InChI=1S/C20H16Cl2N2O3/c1-13-9-16(22)5-7-18(13)26-12-20(25)24-23-11-17-6-8-19(27-17)14-3-2-4-15(21)10-14/h2-11H,12H2,1H3,(H,24,25)/b23-11-. The number of aryl methyl sites for hydroxylation is 1. The lowest BCUT2D eigenvalue weighted by molar-refractivity contribution is -0.123. The fourth-order valence-corrected chi connectivity index (χ4v) is 2.75. The summed E-state index contributed by atoms with van der Waals surface area (Å²) < 4.78 is 11.1. The first-order chi connectivity index (χ1) is 13.0. The van der Waals surface area contributed by atoms with Crippen LogP contribution in [0.3, 0.4) is 0 Å². The zero-order valence-corrected chi connectivity index (χ0v) is 15.9. The number of furan rings is 1. The predicted molar refractivity (Wildman–Crippen MR) is 107 cm³/mol. The van der Waals surface area contributed by atoms with Crippen LogP contribution < -0.4 is 10.2 Å². The maximum Gasteiger partial charge on any atom is 0.277 e. The lowest BCUT2D eigenvalue weighted by Gasteiger charge is -2.08. The monoisotopic (exact) mass is 402 g/mol. The molecule has 1 amide bonds. The molecule has 1 aromatic heterocycles. The molecule has 2 aromatic carbocycles. The molecular formula is C20H16Cl2N2O3. The Balaban J connectivity index is 1.52. The van der Waals surface area contributed by atoms with Crippen LogP contribution in [0.4, 0.5) is 0 Å². The van der Waals surface area contributed by atoms with Crippen molar-refractivity contribution in [2.75, 3.05) is 6.61 Å². The highest BCUT2D eigenvalue weighted by Crippen LogP contribution is 2.24. The van der Waals surface area contributed by atoms with Crippen LogP contribution in [0.1, 0.15) is 11.3 Å².